The second-order valence-corrected chi connectivity index (χ2v) is 4.67. The number of ether oxygens (including phenoxy) is 2. The molecule has 19 heavy (non-hydrogen) atoms. The van der Waals surface area contributed by atoms with Crippen LogP contribution in [0.2, 0.25) is 0 Å². The van der Waals surface area contributed by atoms with E-state index in [-0.39, 0.29) is 5.97 Å². The van der Waals surface area contributed by atoms with Crippen LogP contribution in [0, 0.1) is 0 Å². The molecule has 0 aliphatic carbocycles. The van der Waals surface area contributed by atoms with Crippen molar-refractivity contribution >= 4 is 16.7 Å². The van der Waals surface area contributed by atoms with Gasteiger partial charge in [-0.3, -0.25) is 0 Å². The Morgan fingerprint density at radius 3 is 2.68 bits per heavy atom. The van der Waals surface area contributed by atoms with Crippen LogP contribution in [-0.2, 0) is 4.74 Å². The molecule has 0 saturated carbocycles. The normalized spacial score (nSPS) is 22.1. The maximum absolute atomic E-state index is 12.3. The highest BCUT2D eigenvalue weighted by atomic mass is 16.7. The smallest absolute Gasteiger partial charge is 0.346 e. The summed E-state index contributed by atoms with van der Waals surface area (Å²) in [4.78, 5) is 12.3. The van der Waals surface area contributed by atoms with Gasteiger partial charge in [-0.15, -0.1) is 0 Å². The Bertz CT molecular complexity index is 687. The van der Waals surface area contributed by atoms with Crippen molar-refractivity contribution in [3.8, 4) is 5.75 Å². The fourth-order valence-electron chi connectivity index (χ4n) is 2.39. The van der Waals surface area contributed by atoms with E-state index in [0.29, 0.717) is 11.3 Å². The monoisotopic (exact) mass is 254 g/mol. The molecule has 1 unspecified atom stereocenters. The lowest BCUT2D eigenvalue weighted by Gasteiger charge is -2.32. The first-order valence-corrected chi connectivity index (χ1v) is 6.21. The third-order valence-corrected chi connectivity index (χ3v) is 3.17. The Morgan fingerprint density at radius 2 is 1.89 bits per heavy atom. The molecule has 1 atom stereocenters. The van der Waals surface area contributed by atoms with Crippen molar-refractivity contribution in [2.75, 3.05) is 0 Å². The summed E-state index contributed by atoms with van der Waals surface area (Å²) in [5, 5.41) is 1.85. The molecule has 2 aromatic rings. The molecule has 1 aliphatic heterocycles. The van der Waals surface area contributed by atoms with Crippen LogP contribution < -0.4 is 4.74 Å². The highest BCUT2D eigenvalue weighted by Crippen LogP contribution is 2.36. The number of carbonyl (C=O) groups excluding carboxylic acids is 1. The van der Waals surface area contributed by atoms with E-state index in [1.54, 1.807) is 19.1 Å². The summed E-state index contributed by atoms with van der Waals surface area (Å²) < 4.78 is 11.2. The van der Waals surface area contributed by atoms with Gasteiger partial charge in [0.25, 0.3) is 5.79 Å². The molecular weight excluding hydrogens is 240 g/mol. The second kappa shape index (κ2) is 4.12. The molecule has 0 bridgehead atoms. The Labute approximate surface area is 111 Å². The van der Waals surface area contributed by atoms with Gasteiger partial charge in [0.05, 0.1) is 0 Å². The van der Waals surface area contributed by atoms with Crippen molar-refractivity contribution in [1.29, 1.82) is 0 Å². The van der Waals surface area contributed by atoms with Crippen molar-refractivity contribution in [1.82, 2.24) is 0 Å². The van der Waals surface area contributed by atoms with Crippen LogP contribution in [0.4, 0.5) is 0 Å². The maximum Gasteiger partial charge on any atom is 0.346 e. The molecule has 0 N–H and O–H groups in total. The molecule has 0 radical (unpaired) electrons. The zero-order valence-electron chi connectivity index (χ0n) is 10.8. The van der Waals surface area contributed by atoms with Crippen LogP contribution >= 0.6 is 0 Å². The Hall–Kier alpha value is -2.29. The van der Waals surface area contributed by atoms with E-state index in [1.165, 1.54) is 0 Å². The largest absolute Gasteiger partial charge is 0.448 e. The molecular formula is C16H14O3. The van der Waals surface area contributed by atoms with E-state index < -0.39 is 5.79 Å². The van der Waals surface area contributed by atoms with E-state index >= 15 is 0 Å². The van der Waals surface area contributed by atoms with E-state index in [2.05, 4.69) is 0 Å². The average Bonchev–Trinajstić information content (AvgIpc) is 2.37. The fourth-order valence-corrected chi connectivity index (χ4v) is 2.39. The minimum absolute atomic E-state index is 0.348. The van der Waals surface area contributed by atoms with Gasteiger partial charge in [0, 0.05) is 6.92 Å². The molecule has 3 heteroatoms. The molecule has 2 aromatic carbocycles. The number of fused-ring (bicyclic) bond motifs is 3. The average molecular weight is 254 g/mol. The summed E-state index contributed by atoms with van der Waals surface area (Å²) in [7, 11) is 0. The molecule has 0 fully saturated rings. The van der Waals surface area contributed by atoms with Crippen LogP contribution in [0.5, 0.6) is 5.75 Å². The topological polar surface area (TPSA) is 35.5 Å². The van der Waals surface area contributed by atoms with Crippen LogP contribution in [-0.4, -0.2) is 11.8 Å². The second-order valence-electron chi connectivity index (χ2n) is 4.67. The number of esters is 1. The predicted molar refractivity (Wildman–Crippen MR) is 73.2 cm³/mol. The molecule has 3 rings (SSSR count). The molecule has 1 aliphatic rings. The lowest BCUT2D eigenvalue weighted by Crippen LogP contribution is -2.40. The van der Waals surface area contributed by atoms with Crippen molar-refractivity contribution < 1.29 is 14.3 Å². The molecule has 0 saturated heterocycles. The van der Waals surface area contributed by atoms with Gasteiger partial charge in [0.15, 0.2) is 0 Å². The van der Waals surface area contributed by atoms with E-state index in [4.69, 9.17) is 9.47 Å². The molecule has 0 amide bonds. The third kappa shape index (κ3) is 1.87. The Kier molecular flexibility index (Phi) is 2.56. The summed E-state index contributed by atoms with van der Waals surface area (Å²) >= 11 is 0. The zero-order chi connectivity index (χ0) is 13.5. The molecule has 0 spiro atoms. The SMILES string of the molecule is C/C=C/C1(C)OC(=O)c2c(ccc3ccccc23)O1. The first-order valence-electron chi connectivity index (χ1n) is 6.21. The molecule has 1 heterocycles. The van der Waals surface area contributed by atoms with Gasteiger partial charge >= 0.3 is 5.97 Å². The van der Waals surface area contributed by atoms with Crippen molar-refractivity contribution in [3.05, 3.63) is 54.1 Å². The lowest BCUT2D eigenvalue weighted by atomic mass is 10.0. The highest BCUT2D eigenvalue weighted by Gasteiger charge is 2.36. The lowest BCUT2D eigenvalue weighted by molar-refractivity contribution is -0.105. The quantitative estimate of drug-likeness (QED) is 0.575. The van der Waals surface area contributed by atoms with Crippen LogP contribution in [0.25, 0.3) is 10.8 Å². The third-order valence-electron chi connectivity index (χ3n) is 3.17. The number of allylic oxidation sites excluding steroid dienone is 1. The maximum atomic E-state index is 12.3. The fraction of sp³-hybridized carbons (Fsp3) is 0.188. The van der Waals surface area contributed by atoms with Gasteiger partial charge in [0.1, 0.15) is 11.3 Å². The van der Waals surface area contributed by atoms with Crippen LogP contribution in [0.1, 0.15) is 24.2 Å². The van der Waals surface area contributed by atoms with Crippen molar-refractivity contribution in [3.63, 3.8) is 0 Å². The number of carbonyl (C=O) groups is 1. The minimum Gasteiger partial charge on any atom is -0.448 e. The molecule has 96 valence electrons. The standard InChI is InChI=1S/C16H14O3/c1-3-10-16(2)18-13-9-8-11-6-4-5-7-12(11)14(13)15(17)19-16/h3-10H,1-2H3/b10-3+. The van der Waals surface area contributed by atoms with Crippen LogP contribution in [0.15, 0.2) is 48.6 Å². The number of rotatable bonds is 1. The number of cyclic esters (lactones) is 1. The van der Waals surface area contributed by atoms with Gasteiger partial charge in [-0.05, 0) is 29.8 Å². The molecule has 0 aromatic heterocycles. The van der Waals surface area contributed by atoms with Gasteiger partial charge in [-0.25, -0.2) is 4.79 Å². The highest BCUT2D eigenvalue weighted by molar-refractivity contribution is 6.07. The van der Waals surface area contributed by atoms with E-state index in [9.17, 15) is 4.79 Å². The van der Waals surface area contributed by atoms with Gasteiger partial charge < -0.3 is 9.47 Å². The number of benzene rings is 2. The van der Waals surface area contributed by atoms with Gasteiger partial charge in [-0.1, -0.05) is 36.4 Å². The summed E-state index contributed by atoms with van der Waals surface area (Å²) in [6.45, 7) is 3.58. The van der Waals surface area contributed by atoms with Gasteiger partial charge in [-0.2, -0.15) is 0 Å². The zero-order valence-corrected chi connectivity index (χ0v) is 10.8. The number of hydrogen-bond acceptors (Lipinski definition) is 3. The number of hydrogen-bond donors (Lipinski definition) is 0. The summed E-state index contributed by atoms with van der Waals surface area (Å²) in [5.41, 5.74) is 0.500. The van der Waals surface area contributed by atoms with Crippen molar-refractivity contribution in [2.24, 2.45) is 0 Å². The predicted octanol–water partition coefficient (Wildman–Crippen LogP) is 3.68. The Morgan fingerprint density at radius 1 is 1.11 bits per heavy atom. The van der Waals surface area contributed by atoms with Crippen molar-refractivity contribution in [2.45, 2.75) is 19.6 Å². The first kappa shape index (κ1) is 11.8. The van der Waals surface area contributed by atoms with E-state index in [1.807, 2.05) is 43.3 Å². The molecule has 3 nitrogen and oxygen atoms in total. The van der Waals surface area contributed by atoms with E-state index in [0.717, 1.165) is 10.8 Å². The summed E-state index contributed by atoms with van der Waals surface area (Å²) in [6, 6.07) is 11.5. The van der Waals surface area contributed by atoms with Crippen LogP contribution in [0.3, 0.4) is 0 Å². The minimum atomic E-state index is -1.03. The van der Waals surface area contributed by atoms with Gasteiger partial charge in [0.2, 0.25) is 0 Å². The summed E-state index contributed by atoms with van der Waals surface area (Å²) in [6.07, 6.45) is 3.53. The Balaban J connectivity index is 2.21. The first-order chi connectivity index (χ1) is 9.13. The summed E-state index contributed by atoms with van der Waals surface area (Å²) in [5.74, 6) is -0.810.